The van der Waals surface area contributed by atoms with E-state index in [0.29, 0.717) is 18.1 Å². The normalized spacial score (nSPS) is 17.6. The fourth-order valence-electron chi connectivity index (χ4n) is 2.60. The number of nitrogens with zero attached hydrogens (tertiary/aromatic N) is 1. The lowest BCUT2D eigenvalue weighted by atomic mass is 9.99. The summed E-state index contributed by atoms with van der Waals surface area (Å²) in [6, 6.07) is 2.49. The number of nitrogens with one attached hydrogen (secondary N) is 1. The lowest BCUT2D eigenvalue weighted by molar-refractivity contribution is -0.137. The molecule has 1 atom stereocenters. The van der Waals surface area contributed by atoms with Crippen molar-refractivity contribution in [1.82, 2.24) is 10.2 Å². The first kappa shape index (κ1) is 18.9. The van der Waals surface area contributed by atoms with Crippen LogP contribution in [0.5, 0.6) is 0 Å². The minimum absolute atomic E-state index is 0. The Morgan fingerprint density at radius 1 is 1.27 bits per heavy atom. The monoisotopic (exact) mass is 338 g/mol. The van der Waals surface area contributed by atoms with Crippen LogP contribution in [0.2, 0.25) is 0 Å². The smallest absolute Gasteiger partial charge is 0.314 e. The molecule has 0 amide bonds. The van der Waals surface area contributed by atoms with E-state index in [1.807, 2.05) is 0 Å². The van der Waals surface area contributed by atoms with Gasteiger partial charge in [-0.25, -0.2) is 4.39 Å². The van der Waals surface area contributed by atoms with Crippen LogP contribution in [0, 0.1) is 5.82 Å². The van der Waals surface area contributed by atoms with Crippen molar-refractivity contribution in [2.24, 2.45) is 0 Å². The highest BCUT2D eigenvalue weighted by atomic mass is 35.5. The molecule has 1 aromatic carbocycles. The van der Waals surface area contributed by atoms with Gasteiger partial charge in [0.2, 0.25) is 0 Å². The summed E-state index contributed by atoms with van der Waals surface area (Å²) in [5.41, 5.74) is -0.661. The van der Waals surface area contributed by atoms with E-state index in [4.69, 9.17) is 0 Å². The van der Waals surface area contributed by atoms with Gasteiger partial charge in [0.1, 0.15) is 5.82 Å². The Morgan fingerprint density at radius 3 is 2.41 bits per heavy atom. The van der Waals surface area contributed by atoms with Crippen molar-refractivity contribution in [3.8, 4) is 0 Å². The van der Waals surface area contributed by atoms with Gasteiger partial charge in [0.15, 0.2) is 0 Å². The van der Waals surface area contributed by atoms with E-state index >= 15 is 0 Å². The average Bonchev–Trinajstić information content (AvgIpc) is 2.45. The maximum atomic E-state index is 14.1. The van der Waals surface area contributed by atoms with Gasteiger partial charge in [0.25, 0.3) is 0 Å². The molecule has 0 aromatic heterocycles. The molecular formula is C15H19ClF4N2. The third kappa shape index (κ3) is 4.44. The van der Waals surface area contributed by atoms with Crippen LogP contribution >= 0.6 is 12.4 Å². The summed E-state index contributed by atoms with van der Waals surface area (Å²) in [6.45, 7) is 6.71. The van der Waals surface area contributed by atoms with Gasteiger partial charge in [0, 0.05) is 37.8 Å². The summed E-state index contributed by atoms with van der Waals surface area (Å²) < 4.78 is 51.9. The second-order valence-corrected chi connectivity index (χ2v) is 5.06. The van der Waals surface area contributed by atoms with Crippen LogP contribution in [0.15, 0.2) is 30.9 Å². The van der Waals surface area contributed by atoms with Crippen LogP contribution in [0.4, 0.5) is 17.6 Å². The molecule has 7 heteroatoms. The van der Waals surface area contributed by atoms with E-state index < -0.39 is 17.6 Å². The first-order valence-corrected chi connectivity index (χ1v) is 6.86. The highest BCUT2D eigenvalue weighted by Crippen LogP contribution is 2.33. The van der Waals surface area contributed by atoms with E-state index in [1.165, 1.54) is 6.07 Å². The van der Waals surface area contributed by atoms with Crippen LogP contribution in [0.1, 0.15) is 23.6 Å². The fraction of sp³-hybridized carbons (Fsp3) is 0.467. The number of alkyl halides is 3. The van der Waals surface area contributed by atoms with Gasteiger partial charge in [-0.05, 0) is 18.6 Å². The van der Waals surface area contributed by atoms with Gasteiger partial charge in [-0.2, -0.15) is 13.2 Å². The van der Waals surface area contributed by atoms with Crippen molar-refractivity contribution in [3.05, 3.63) is 47.8 Å². The van der Waals surface area contributed by atoms with Crippen LogP contribution in [-0.2, 0) is 6.18 Å². The number of halogens is 5. The van der Waals surface area contributed by atoms with E-state index in [1.54, 1.807) is 6.08 Å². The summed E-state index contributed by atoms with van der Waals surface area (Å²) in [5, 5.41) is 3.20. The molecule has 1 fully saturated rings. The molecule has 0 aliphatic carbocycles. The van der Waals surface area contributed by atoms with E-state index in [9.17, 15) is 17.6 Å². The molecule has 1 aliphatic heterocycles. The molecule has 1 aliphatic rings. The fourth-order valence-corrected chi connectivity index (χ4v) is 2.60. The lowest BCUT2D eigenvalue weighted by Gasteiger charge is -2.35. The zero-order valence-electron chi connectivity index (χ0n) is 12.0. The maximum absolute atomic E-state index is 14.1. The number of hydrogen-bond donors (Lipinski definition) is 1. The first-order valence-electron chi connectivity index (χ1n) is 6.86. The summed E-state index contributed by atoms with van der Waals surface area (Å²) in [6.07, 6.45) is -2.35. The summed E-state index contributed by atoms with van der Waals surface area (Å²) >= 11 is 0. The SMILES string of the molecule is C=CC[C@H](c1ccc(C(F)(F)F)cc1F)N1CCNCC1.Cl. The predicted molar refractivity (Wildman–Crippen MR) is 80.6 cm³/mol. The Kier molecular flexibility index (Phi) is 6.84. The second kappa shape index (κ2) is 7.94. The average molecular weight is 339 g/mol. The van der Waals surface area contributed by atoms with Gasteiger partial charge < -0.3 is 5.32 Å². The van der Waals surface area contributed by atoms with E-state index in [-0.39, 0.29) is 18.4 Å². The Morgan fingerprint density at radius 2 is 1.91 bits per heavy atom. The molecule has 124 valence electrons. The molecule has 2 nitrogen and oxygen atoms in total. The molecule has 0 radical (unpaired) electrons. The number of benzene rings is 1. The molecule has 1 aromatic rings. The summed E-state index contributed by atoms with van der Waals surface area (Å²) in [7, 11) is 0. The van der Waals surface area contributed by atoms with Gasteiger partial charge in [0.05, 0.1) is 5.56 Å². The Labute approximate surface area is 133 Å². The molecule has 22 heavy (non-hydrogen) atoms. The lowest BCUT2D eigenvalue weighted by Crippen LogP contribution is -2.45. The van der Waals surface area contributed by atoms with Crippen molar-refractivity contribution in [3.63, 3.8) is 0 Å². The van der Waals surface area contributed by atoms with Gasteiger partial charge in [-0.15, -0.1) is 19.0 Å². The van der Waals surface area contributed by atoms with Crippen molar-refractivity contribution in [2.75, 3.05) is 26.2 Å². The predicted octanol–water partition coefficient (Wildman–Crippen LogP) is 3.79. The van der Waals surface area contributed by atoms with Gasteiger partial charge in [-0.1, -0.05) is 12.1 Å². The molecule has 1 N–H and O–H groups in total. The number of rotatable bonds is 4. The van der Waals surface area contributed by atoms with Gasteiger partial charge >= 0.3 is 6.18 Å². The third-order valence-corrected chi connectivity index (χ3v) is 3.67. The summed E-state index contributed by atoms with van der Waals surface area (Å²) in [4.78, 5) is 2.07. The molecule has 0 saturated carbocycles. The molecule has 1 saturated heterocycles. The topological polar surface area (TPSA) is 15.3 Å². The Hall–Kier alpha value is -1.11. The zero-order chi connectivity index (χ0) is 15.5. The van der Waals surface area contributed by atoms with Crippen LogP contribution in [-0.4, -0.2) is 31.1 Å². The molecule has 0 unspecified atom stereocenters. The van der Waals surface area contributed by atoms with Crippen LogP contribution < -0.4 is 5.32 Å². The zero-order valence-corrected chi connectivity index (χ0v) is 12.8. The second-order valence-electron chi connectivity index (χ2n) is 5.06. The minimum atomic E-state index is -4.53. The van der Waals surface area contributed by atoms with Crippen molar-refractivity contribution in [1.29, 1.82) is 0 Å². The maximum Gasteiger partial charge on any atom is 0.416 e. The Balaban J connectivity index is 0.00000242. The molecule has 2 rings (SSSR count). The van der Waals surface area contributed by atoms with Crippen molar-refractivity contribution in [2.45, 2.75) is 18.6 Å². The highest BCUT2D eigenvalue weighted by Gasteiger charge is 2.32. The van der Waals surface area contributed by atoms with Crippen LogP contribution in [0.25, 0.3) is 0 Å². The minimum Gasteiger partial charge on any atom is -0.314 e. The first-order chi connectivity index (χ1) is 9.93. The quantitative estimate of drug-likeness (QED) is 0.664. The number of piperazine rings is 1. The molecule has 0 spiro atoms. The van der Waals surface area contributed by atoms with E-state index in [2.05, 4.69) is 16.8 Å². The van der Waals surface area contributed by atoms with Crippen molar-refractivity contribution >= 4 is 12.4 Å². The largest absolute Gasteiger partial charge is 0.416 e. The highest BCUT2D eigenvalue weighted by molar-refractivity contribution is 5.85. The molecular weight excluding hydrogens is 320 g/mol. The summed E-state index contributed by atoms with van der Waals surface area (Å²) in [5.74, 6) is -0.810. The van der Waals surface area contributed by atoms with Crippen LogP contribution in [0.3, 0.4) is 0 Å². The Bertz CT molecular complexity index is 499. The standard InChI is InChI=1S/C15H18F4N2.ClH/c1-2-3-14(21-8-6-20-7-9-21)12-5-4-11(10-13(12)16)15(17,18)19;/h2,4-5,10,14,20H,1,3,6-9H2;1H/t14-;/m1./s1. The molecule has 0 bridgehead atoms. The third-order valence-electron chi connectivity index (χ3n) is 3.67. The van der Waals surface area contributed by atoms with Crippen molar-refractivity contribution < 1.29 is 17.6 Å². The molecule has 1 heterocycles. The van der Waals surface area contributed by atoms with E-state index in [0.717, 1.165) is 32.2 Å². The number of hydrogen-bond acceptors (Lipinski definition) is 2. The van der Waals surface area contributed by atoms with Gasteiger partial charge in [-0.3, -0.25) is 4.90 Å².